The highest BCUT2D eigenvalue weighted by molar-refractivity contribution is 7.99. The number of rotatable bonds is 13. The van der Waals surface area contributed by atoms with Gasteiger partial charge in [0, 0.05) is 19.6 Å². The van der Waals surface area contributed by atoms with Gasteiger partial charge in [-0.3, -0.25) is 0 Å². The molecule has 0 atom stereocenters. The molecular weight excluding hydrogens is 529 g/mol. The first-order valence-corrected chi connectivity index (χ1v) is 16.3. The van der Waals surface area contributed by atoms with Crippen molar-refractivity contribution in [3.05, 3.63) is 115 Å². The van der Waals surface area contributed by atoms with E-state index < -0.39 is 10.1 Å². The van der Waals surface area contributed by atoms with E-state index in [9.17, 15) is 8.42 Å². The van der Waals surface area contributed by atoms with Gasteiger partial charge in [0.05, 0.1) is 5.75 Å². The van der Waals surface area contributed by atoms with Gasteiger partial charge >= 0.3 is 10.1 Å². The molecule has 0 bridgehead atoms. The lowest BCUT2D eigenvalue weighted by Gasteiger charge is -2.08. The molecule has 0 aromatic heterocycles. The molecule has 0 spiro atoms. The van der Waals surface area contributed by atoms with Crippen LogP contribution in [0.2, 0.25) is 0 Å². The van der Waals surface area contributed by atoms with Crippen LogP contribution >= 0.6 is 23.5 Å². The number of hydrogen-bond acceptors (Lipinski definition) is 5. The minimum Gasteiger partial charge on any atom is -0.382 e. The van der Waals surface area contributed by atoms with Crippen LogP contribution in [0, 0.1) is 0 Å². The first kappa shape index (κ1) is 29.9. The highest BCUT2D eigenvalue weighted by Crippen LogP contribution is 2.29. The van der Waals surface area contributed by atoms with Gasteiger partial charge in [0.2, 0.25) is 0 Å². The molecule has 0 radical (unpaired) electrons. The summed E-state index contributed by atoms with van der Waals surface area (Å²) in [5.41, 5.74) is 0. The third kappa shape index (κ3) is 12.2. The zero-order chi connectivity index (χ0) is 26.9. The average Bonchev–Trinajstić information content (AvgIpc) is 2.94. The molecule has 0 unspecified atom stereocenters. The van der Waals surface area contributed by atoms with E-state index in [4.69, 9.17) is 4.18 Å². The predicted molar refractivity (Wildman–Crippen MR) is 162 cm³/mol. The highest BCUT2D eigenvalue weighted by Gasteiger charge is 2.12. The van der Waals surface area contributed by atoms with E-state index in [1.54, 1.807) is 35.7 Å². The van der Waals surface area contributed by atoms with Crippen molar-refractivity contribution in [3.8, 4) is 5.75 Å². The van der Waals surface area contributed by atoms with Crippen molar-refractivity contribution in [3.63, 3.8) is 0 Å². The Morgan fingerprint density at radius 1 is 0.526 bits per heavy atom. The van der Waals surface area contributed by atoms with Gasteiger partial charge in [-0.15, -0.1) is 0 Å². The molecule has 4 rings (SSSR count). The molecule has 0 N–H and O–H groups in total. The van der Waals surface area contributed by atoms with Crippen LogP contribution in [0.15, 0.2) is 135 Å². The fraction of sp³-hybridized carbons (Fsp3) is 0.250. The van der Waals surface area contributed by atoms with E-state index in [2.05, 4.69) is 55.5 Å². The van der Waals surface area contributed by atoms with Crippen LogP contribution in [-0.4, -0.2) is 14.2 Å². The van der Waals surface area contributed by atoms with E-state index in [0.29, 0.717) is 12.2 Å². The van der Waals surface area contributed by atoms with Crippen LogP contribution in [-0.2, 0) is 10.1 Å². The zero-order valence-corrected chi connectivity index (χ0v) is 24.3. The third-order valence-electron chi connectivity index (χ3n) is 5.50. The van der Waals surface area contributed by atoms with Crippen molar-refractivity contribution >= 4 is 33.6 Å². The Labute approximate surface area is 237 Å². The summed E-state index contributed by atoms with van der Waals surface area (Å²) in [6.07, 6.45) is 6.28. The van der Waals surface area contributed by atoms with E-state index in [-0.39, 0.29) is 5.75 Å². The average molecular weight is 565 g/mol. The van der Waals surface area contributed by atoms with Gasteiger partial charge in [-0.05, 0) is 67.1 Å². The molecule has 0 saturated heterocycles. The Hall–Kier alpha value is -2.67. The molecule has 0 amide bonds. The molecule has 0 aliphatic carbocycles. The fourth-order valence-corrected chi connectivity index (χ4v) is 6.29. The molecular formula is C32H36O3S3. The zero-order valence-electron chi connectivity index (χ0n) is 21.9. The summed E-state index contributed by atoms with van der Waals surface area (Å²) in [5.74, 6) is 0.461. The molecule has 0 heterocycles. The van der Waals surface area contributed by atoms with Gasteiger partial charge < -0.3 is 4.18 Å². The highest BCUT2D eigenvalue weighted by atomic mass is 32.2. The first-order chi connectivity index (χ1) is 18.5. The Balaban J connectivity index is 0.000000256. The van der Waals surface area contributed by atoms with Crippen LogP contribution < -0.4 is 4.18 Å². The standard InChI is InChI=1S/C20H26O3S2.C12H10S/c1-2-3-4-5-6-10-17-25(21,22)23-18-13-15-20(16-14-18)24-19-11-8-7-9-12-19;1-3-7-11(8-4-1)13-12-9-5-2-6-10-12/h7-9,11-16H,2-6,10,17H2,1H3;1-10H. The largest absolute Gasteiger partial charge is 0.382 e. The lowest BCUT2D eigenvalue weighted by molar-refractivity contribution is 0.481. The smallest absolute Gasteiger partial charge is 0.309 e. The lowest BCUT2D eigenvalue weighted by atomic mass is 10.1. The Bertz CT molecular complexity index is 1220. The van der Waals surface area contributed by atoms with Crippen LogP contribution in [0.5, 0.6) is 5.75 Å². The van der Waals surface area contributed by atoms with E-state index in [1.807, 2.05) is 54.6 Å². The predicted octanol–water partition coefficient (Wildman–Crippen LogP) is 9.74. The maximum absolute atomic E-state index is 12.0. The van der Waals surface area contributed by atoms with Crippen molar-refractivity contribution in [2.24, 2.45) is 0 Å². The molecule has 4 aromatic rings. The maximum Gasteiger partial charge on any atom is 0.309 e. The lowest BCUT2D eigenvalue weighted by Crippen LogP contribution is -2.13. The molecule has 3 nitrogen and oxygen atoms in total. The summed E-state index contributed by atoms with van der Waals surface area (Å²) in [4.78, 5) is 4.76. The van der Waals surface area contributed by atoms with Crippen molar-refractivity contribution in [2.75, 3.05) is 5.75 Å². The second-order valence-electron chi connectivity index (χ2n) is 8.73. The Kier molecular flexibility index (Phi) is 13.4. The van der Waals surface area contributed by atoms with Gasteiger partial charge in [-0.25, -0.2) is 0 Å². The van der Waals surface area contributed by atoms with Crippen LogP contribution in [0.25, 0.3) is 0 Å². The molecule has 38 heavy (non-hydrogen) atoms. The number of benzene rings is 4. The van der Waals surface area contributed by atoms with Crippen LogP contribution in [0.3, 0.4) is 0 Å². The first-order valence-electron chi connectivity index (χ1n) is 13.1. The van der Waals surface area contributed by atoms with Crippen LogP contribution in [0.1, 0.15) is 45.4 Å². The number of unbranched alkanes of at least 4 members (excludes halogenated alkanes) is 5. The van der Waals surface area contributed by atoms with Gasteiger partial charge in [-0.1, -0.05) is 117 Å². The number of hydrogen-bond donors (Lipinski definition) is 0. The molecule has 6 heteroatoms. The van der Waals surface area contributed by atoms with Crippen molar-refractivity contribution in [1.29, 1.82) is 0 Å². The normalized spacial score (nSPS) is 10.9. The van der Waals surface area contributed by atoms with E-state index in [1.165, 1.54) is 29.1 Å². The Morgan fingerprint density at radius 3 is 1.37 bits per heavy atom. The second kappa shape index (κ2) is 17.0. The maximum atomic E-state index is 12.0. The summed E-state index contributed by atoms with van der Waals surface area (Å²) in [6.45, 7) is 2.17. The second-order valence-corrected chi connectivity index (χ2v) is 12.7. The van der Waals surface area contributed by atoms with Crippen LogP contribution in [0.4, 0.5) is 0 Å². The van der Waals surface area contributed by atoms with Gasteiger partial charge in [0.1, 0.15) is 5.75 Å². The summed E-state index contributed by atoms with van der Waals surface area (Å²) >= 11 is 3.42. The van der Waals surface area contributed by atoms with Gasteiger partial charge in [0.15, 0.2) is 0 Å². The Morgan fingerprint density at radius 2 is 0.921 bits per heavy atom. The minimum atomic E-state index is -3.51. The quantitative estimate of drug-likeness (QED) is 0.119. The monoisotopic (exact) mass is 564 g/mol. The van der Waals surface area contributed by atoms with E-state index in [0.717, 1.165) is 22.6 Å². The van der Waals surface area contributed by atoms with Crippen molar-refractivity contribution in [2.45, 2.75) is 65.0 Å². The van der Waals surface area contributed by atoms with E-state index >= 15 is 0 Å². The molecule has 0 fully saturated rings. The molecule has 0 saturated carbocycles. The van der Waals surface area contributed by atoms with Gasteiger partial charge in [0.25, 0.3) is 0 Å². The third-order valence-corrected chi connectivity index (χ3v) is 8.76. The molecule has 0 aliphatic rings. The SMILES string of the molecule is CCCCCCCCS(=O)(=O)Oc1ccc(Sc2ccccc2)cc1.c1ccc(Sc2ccccc2)cc1. The summed E-state index contributed by atoms with van der Waals surface area (Å²) in [6, 6.07) is 38.1. The topological polar surface area (TPSA) is 43.4 Å². The van der Waals surface area contributed by atoms with Gasteiger partial charge in [-0.2, -0.15) is 8.42 Å². The fourth-order valence-electron chi connectivity index (χ4n) is 3.55. The molecule has 0 aliphatic heterocycles. The summed E-state index contributed by atoms with van der Waals surface area (Å²) in [7, 11) is -3.51. The molecule has 4 aromatic carbocycles. The summed E-state index contributed by atoms with van der Waals surface area (Å²) in [5, 5.41) is 0. The van der Waals surface area contributed by atoms with Crippen molar-refractivity contribution in [1.82, 2.24) is 0 Å². The molecule has 200 valence electrons. The van der Waals surface area contributed by atoms with Crippen molar-refractivity contribution < 1.29 is 12.6 Å². The minimum absolute atomic E-state index is 0.0830. The summed E-state index contributed by atoms with van der Waals surface area (Å²) < 4.78 is 29.3.